The normalized spacial score (nSPS) is 10.9. The van der Waals surface area contributed by atoms with Crippen LogP contribution in [0.2, 0.25) is 0 Å². The Hall–Kier alpha value is -4.71. The van der Waals surface area contributed by atoms with Crippen molar-refractivity contribution in [2.45, 2.75) is 47.1 Å². The molecular formula is C37H48N6O5. The molecule has 4 aromatic rings. The third-order valence-corrected chi connectivity index (χ3v) is 8.01. The van der Waals surface area contributed by atoms with E-state index in [1.807, 2.05) is 31.3 Å². The van der Waals surface area contributed by atoms with Crippen LogP contribution in [-0.4, -0.2) is 63.3 Å². The number of carbonyl (C=O) groups is 1. The van der Waals surface area contributed by atoms with Crippen LogP contribution >= 0.6 is 0 Å². The number of amides is 1. The van der Waals surface area contributed by atoms with Gasteiger partial charge in [-0.3, -0.25) is 4.79 Å². The molecule has 4 N–H and O–H groups in total. The van der Waals surface area contributed by atoms with E-state index in [-0.39, 0.29) is 5.91 Å². The maximum atomic E-state index is 11.1. The summed E-state index contributed by atoms with van der Waals surface area (Å²) in [6.07, 6.45) is 0. The molecule has 0 unspecified atom stereocenters. The Morgan fingerprint density at radius 1 is 0.646 bits per heavy atom. The molecule has 2 aromatic heterocycles. The first-order chi connectivity index (χ1) is 23.3. The molecule has 0 bridgehead atoms. The van der Waals surface area contributed by atoms with Gasteiger partial charge < -0.3 is 40.2 Å². The Kier molecular flexibility index (Phi) is 14.0. The van der Waals surface area contributed by atoms with Crippen molar-refractivity contribution in [3.05, 3.63) is 94.0 Å². The van der Waals surface area contributed by atoms with E-state index in [0.717, 1.165) is 57.6 Å². The maximum absolute atomic E-state index is 11.1. The van der Waals surface area contributed by atoms with Gasteiger partial charge in [-0.05, 0) is 66.4 Å². The molecule has 2 heterocycles. The van der Waals surface area contributed by atoms with Gasteiger partial charge in [0.15, 0.2) is 0 Å². The summed E-state index contributed by atoms with van der Waals surface area (Å²) in [6, 6.07) is 20.2. The molecular weight excluding hydrogens is 608 g/mol. The third-order valence-electron chi connectivity index (χ3n) is 8.01. The molecule has 1 amide bonds. The van der Waals surface area contributed by atoms with E-state index in [2.05, 4.69) is 81.5 Å². The highest BCUT2D eigenvalue weighted by atomic mass is 16.5. The van der Waals surface area contributed by atoms with Crippen molar-refractivity contribution in [2.75, 3.05) is 47.4 Å². The number of hydrogen-bond acceptors (Lipinski definition) is 10. The van der Waals surface area contributed by atoms with Crippen LogP contribution in [0.15, 0.2) is 60.7 Å². The lowest BCUT2D eigenvalue weighted by molar-refractivity contribution is -0.118. The number of pyridine rings is 2. The maximum Gasteiger partial charge on any atom is 0.220 e. The van der Waals surface area contributed by atoms with Crippen LogP contribution in [0, 0.1) is 13.8 Å². The Labute approximate surface area is 283 Å². The number of rotatable bonds is 19. The number of methoxy groups -OCH3 is 2. The number of benzene rings is 2. The quantitative estimate of drug-likeness (QED) is 0.107. The van der Waals surface area contributed by atoms with E-state index in [9.17, 15) is 4.79 Å². The molecule has 0 saturated heterocycles. The molecule has 256 valence electrons. The fraction of sp³-hybridized carbons (Fsp3) is 0.378. The van der Waals surface area contributed by atoms with Crippen molar-refractivity contribution in [3.8, 4) is 34.6 Å². The smallest absolute Gasteiger partial charge is 0.220 e. The predicted molar refractivity (Wildman–Crippen MR) is 188 cm³/mol. The van der Waals surface area contributed by atoms with E-state index in [1.54, 1.807) is 14.2 Å². The van der Waals surface area contributed by atoms with Gasteiger partial charge in [-0.15, -0.1) is 0 Å². The second-order valence-electron chi connectivity index (χ2n) is 11.3. The number of carbonyl (C=O) groups excluding carboxylic acids is 1. The average Bonchev–Trinajstić information content (AvgIpc) is 3.09. The van der Waals surface area contributed by atoms with Gasteiger partial charge in [-0.2, -0.15) is 9.97 Å². The Bertz CT molecular complexity index is 1650. The first kappa shape index (κ1) is 36.1. The SMILES string of the molecule is CNCCNCc1ccc(OCc2cccc(-c3cccc(COc4ccc(CNCCNC(C)=O)c(OC)n4)c3C)c2C)nc1OC. The van der Waals surface area contributed by atoms with Gasteiger partial charge in [0.2, 0.25) is 29.4 Å². The van der Waals surface area contributed by atoms with E-state index < -0.39 is 0 Å². The summed E-state index contributed by atoms with van der Waals surface area (Å²) in [5, 5.41) is 12.6. The van der Waals surface area contributed by atoms with Crippen LogP contribution in [0.5, 0.6) is 23.5 Å². The fourth-order valence-corrected chi connectivity index (χ4v) is 5.24. The largest absolute Gasteiger partial charge is 0.481 e. The van der Waals surface area contributed by atoms with E-state index >= 15 is 0 Å². The molecule has 2 aromatic carbocycles. The molecule has 4 rings (SSSR count). The van der Waals surface area contributed by atoms with E-state index in [0.29, 0.717) is 62.9 Å². The molecule has 0 fully saturated rings. The van der Waals surface area contributed by atoms with Crippen LogP contribution in [0.4, 0.5) is 0 Å². The zero-order valence-electron chi connectivity index (χ0n) is 28.9. The summed E-state index contributed by atoms with van der Waals surface area (Å²) >= 11 is 0. The van der Waals surface area contributed by atoms with Crippen molar-refractivity contribution < 1.29 is 23.7 Å². The minimum atomic E-state index is -0.0477. The number of hydrogen-bond donors (Lipinski definition) is 4. The van der Waals surface area contributed by atoms with Crippen LogP contribution in [0.25, 0.3) is 11.1 Å². The molecule has 0 atom stereocenters. The predicted octanol–water partition coefficient (Wildman–Crippen LogP) is 4.47. The van der Waals surface area contributed by atoms with Crippen molar-refractivity contribution in [1.82, 2.24) is 31.2 Å². The van der Waals surface area contributed by atoms with Crippen molar-refractivity contribution in [1.29, 1.82) is 0 Å². The number of nitrogens with one attached hydrogen (secondary N) is 4. The van der Waals surface area contributed by atoms with Gasteiger partial charge in [-0.1, -0.05) is 36.4 Å². The Balaban J connectivity index is 1.40. The van der Waals surface area contributed by atoms with Crippen molar-refractivity contribution in [2.24, 2.45) is 0 Å². The number of aromatic nitrogens is 2. The second-order valence-corrected chi connectivity index (χ2v) is 11.3. The van der Waals surface area contributed by atoms with E-state index in [1.165, 1.54) is 6.92 Å². The van der Waals surface area contributed by atoms with Gasteiger partial charge >= 0.3 is 0 Å². The standard InChI is InChI=1S/C37H48N6O5/c1-25-30(23-47-34-15-13-28(36(42-34)45-5)21-39-18-17-38-4)9-7-11-32(25)33-12-8-10-31(26(33)2)24-48-35-16-14-29(37(43-35)46-6)22-40-19-20-41-27(3)44/h7-16,38-40H,17-24H2,1-6H3,(H,41,44). The lowest BCUT2D eigenvalue weighted by Gasteiger charge is -2.17. The number of ether oxygens (including phenoxy) is 4. The van der Waals surface area contributed by atoms with E-state index in [4.69, 9.17) is 18.9 Å². The van der Waals surface area contributed by atoms with Crippen LogP contribution in [-0.2, 0) is 31.1 Å². The van der Waals surface area contributed by atoms with Gasteiger partial charge in [0.25, 0.3) is 0 Å². The highest BCUT2D eigenvalue weighted by Gasteiger charge is 2.14. The minimum absolute atomic E-state index is 0.0477. The van der Waals surface area contributed by atoms with Gasteiger partial charge in [0.1, 0.15) is 13.2 Å². The monoisotopic (exact) mass is 656 g/mol. The van der Waals surface area contributed by atoms with Gasteiger partial charge in [-0.25, -0.2) is 0 Å². The highest BCUT2D eigenvalue weighted by molar-refractivity contribution is 5.73. The molecule has 0 saturated carbocycles. The zero-order chi connectivity index (χ0) is 34.3. The Morgan fingerprint density at radius 3 is 1.56 bits per heavy atom. The van der Waals surface area contributed by atoms with Crippen LogP contribution in [0.1, 0.15) is 40.3 Å². The zero-order valence-corrected chi connectivity index (χ0v) is 28.9. The summed E-state index contributed by atoms with van der Waals surface area (Å²) in [5.41, 5.74) is 8.58. The molecule has 0 aliphatic heterocycles. The summed E-state index contributed by atoms with van der Waals surface area (Å²) in [4.78, 5) is 20.2. The summed E-state index contributed by atoms with van der Waals surface area (Å²) in [7, 11) is 5.15. The molecule has 48 heavy (non-hydrogen) atoms. The summed E-state index contributed by atoms with van der Waals surface area (Å²) < 4.78 is 23.3. The van der Waals surface area contributed by atoms with Gasteiger partial charge in [0.05, 0.1) is 14.2 Å². The summed E-state index contributed by atoms with van der Waals surface area (Å²) in [6.45, 7) is 10.7. The van der Waals surface area contributed by atoms with Gasteiger partial charge in [0, 0.05) is 69.5 Å². The lowest BCUT2D eigenvalue weighted by Crippen LogP contribution is -2.30. The first-order valence-corrected chi connectivity index (χ1v) is 16.2. The number of nitrogens with zero attached hydrogens (tertiary/aromatic N) is 2. The molecule has 0 spiro atoms. The average molecular weight is 657 g/mol. The third kappa shape index (κ3) is 10.1. The molecule has 0 aliphatic carbocycles. The fourth-order valence-electron chi connectivity index (χ4n) is 5.24. The molecule has 11 nitrogen and oxygen atoms in total. The second kappa shape index (κ2) is 18.6. The topological polar surface area (TPSA) is 128 Å². The molecule has 0 aliphatic rings. The minimum Gasteiger partial charge on any atom is -0.481 e. The van der Waals surface area contributed by atoms with Crippen molar-refractivity contribution >= 4 is 5.91 Å². The molecule has 0 radical (unpaired) electrons. The first-order valence-electron chi connectivity index (χ1n) is 16.2. The number of likely N-dealkylation sites (N-methyl/N-ethyl adjacent to an activating group) is 1. The van der Waals surface area contributed by atoms with Crippen molar-refractivity contribution in [3.63, 3.8) is 0 Å². The lowest BCUT2D eigenvalue weighted by atomic mass is 9.92. The molecule has 11 heteroatoms. The highest BCUT2D eigenvalue weighted by Crippen LogP contribution is 2.31. The van der Waals surface area contributed by atoms with Crippen LogP contribution < -0.4 is 40.2 Å². The Morgan fingerprint density at radius 2 is 1.12 bits per heavy atom. The summed E-state index contributed by atoms with van der Waals surface area (Å²) in [5.74, 6) is 2.01. The van der Waals surface area contributed by atoms with Crippen LogP contribution in [0.3, 0.4) is 0 Å².